The molecule has 3 rings (SSSR count). The number of aromatic nitrogens is 2. The van der Waals surface area contributed by atoms with Crippen LogP contribution in [0.4, 0.5) is 11.5 Å². The third-order valence-corrected chi connectivity index (χ3v) is 5.41. The van der Waals surface area contributed by atoms with Gasteiger partial charge in [0, 0.05) is 11.8 Å². The minimum atomic E-state index is -0.114. The molecule has 1 aromatic heterocycles. The van der Waals surface area contributed by atoms with E-state index in [9.17, 15) is 9.59 Å². The molecule has 2 amide bonds. The van der Waals surface area contributed by atoms with Crippen LogP contribution in [0.2, 0.25) is 0 Å². The first kappa shape index (κ1) is 20.1. The zero-order valence-corrected chi connectivity index (χ0v) is 16.9. The van der Waals surface area contributed by atoms with Gasteiger partial charge in [0.1, 0.15) is 5.82 Å². The zero-order valence-electron chi connectivity index (χ0n) is 16.9. The summed E-state index contributed by atoms with van der Waals surface area (Å²) in [5.74, 6) is 0.524. The summed E-state index contributed by atoms with van der Waals surface area (Å²) in [4.78, 5) is 25.6. The van der Waals surface area contributed by atoms with Gasteiger partial charge in [-0.1, -0.05) is 25.0 Å². The molecular weight excluding hydrogens is 354 g/mol. The maximum Gasteiger partial charge on any atom is 0.280 e. The van der Waals surface area contributed by atoms with Crippen molar-refractivity contribution in [2.24, 2.45) is 0 Å². The van der Waals surface area contributed by atoms with Crippen molar-refractivity contribution in [3.63, 3.8) is 0 Å². The second-order valence-electron chi connectivity index (χ2n) is 7.75. The molecule has 0 spiro atoms. The summed E-state index contributed by atoms with van der Waals surface area (Å²) >= 11 is 0. The number of carbonyl (C=O) groups excluding carboxylic acids is 2. The normalized spacial score (nSPS) is 15.4. The van der Waals surface area contributed by atoms with E-state index in [2.05, 4.69) is 15.7 Å². The minimum absolute atomic E-state index is 0.102. The van der Waals surface area contributed by atoms with Gasteiger partial charge in [-0.2, -0.15) is 5.10 Å². The van der Waals surface area contributed by atoms with E-state index in [1.165, 1.54) is 12.8 Å². The van der Waals surface area contributed by atoms with E-state index < -0.39 is 0 Å². The highest BCUT2D eigenvalue weighted by molar-refractivity contribution is 5.93. The lowest BCUT2D eigenvalue weighted by atomic mass is 10.1. The Morgan fingerprint density at radius 2 is 1.79 bits per heavy atom. The first-order chi connectivity index (χ1) is 13.4. The van der Waals surface area contributed by atoms with Crippen LogP contribution in [0.15, 0.2) is 30.5 Å². The van der Waals surface area contributed by atoms with Crippen LogP contribution in [0.25, 0.3) is 0 Å². The van der Waals surface area contributed by atoms with E-state index in [0.717, 1.165) is 40.4 Å². The van der Waals surface area contributed by atoms with Crippen LogP contribution in [0.3, 0.4) is 0 Å². The van der Waals surface area contributed by atoms with E-state index in [-0.39, 0.29) is 24.9 Å². The topological polar surface area (TPSA) is 80.5 Å². The molecule has 1 aliphatic carbocycles. The molecule has 28 heavy (non-hydrogen) atoms. The molecule has 150 valence electrons. The number of likely N-dealkylation sites (N-methyl/N-ethyl adjacent to an activating group) is 1. The van der Waals surface area contributed by atoms with E-state index >= 15 is 0 Å². The van der Waals surface area contributed by atoms with Crippen molar-refractivity contribution in [2.45, 2.75) is 45.6 Å². The average molecular weight is 385 g/mol. The Balaban J connectivity index is 1.50. The minimum Gasteiger partial charge on any atom is -0.322 e. The molecule has 1 atom stereocenters. The SMILES string of the molecule is Cc1cccc(NC(=O)C[NH+](C)CC(=O)Nc2ccnn2C2CCCC2)c1C. The van der Waals surface area contributed by atoms with Crippen LogP contribution in [0.1, 0.15) is 42.9 Å². The molecule has 3 N–H and O–H groups in total. The molecule has 7 heteroatoms. The van der Waals surface area contributed by atoms with Crippen molar-refractivity contribution in [1.29, 1.82) is 0 Å². The van der Waals surface area contributed by atoms with Gasteiger partial charge in [0.15, 0.2) is 13.1 Å². The van der Waals surface area contributed by atoms with Crippen LogP contribution < -0.4 is 15.5 Å². The fourth-order valence-corrected chi connectivity index (χ4v) is 3.73. The molecule has 0 aliphatic heterocycles. The van der Waals surface area contributed by atoms with Gasteiger partial charge in [-0.3, -0.25) is 9.59 Å². The Morgan fingerprint density at radius 3 is 2.50 bits per heavy atom. The van der Waals surface area contributed by atoms with Crippen molar-refractivity contribution < 1.29 is 14.5 Å². The predicted molar refractivity (Wildman–Crippen MR) is 110 cm³/mol. The molecule has 0 radical (unpaired) electrons. The molecule has 0 saturated heterocycles. The standard InChI is InChI=1S/C21H29N5O2/c1-15-7-6-10-18(16(15)2)23-20(27)13-25(3)14-21(28)24-19-11-12-22-26(19)17-8-4-5-9-17/h6-7,10-12,17H,4-5,8-9,13-14H2,1-3H3,(H,23,27)(H,24,28)/p+1. The summed E-state index contributed by atoms with van der Waals surface area (Å²) in [6.07, 6.45) is 6.35. The van der Waals surface area contributed by atoms with Crippen LogP contribution in [-0.2, 0) is 9.59 Å². The average Bonchev–Trinajstić information content (AvgIpc) is 3.29. The van der Waals surface area contributed by atoms with Crippen LogP contribution in [0, 0.1) is 13.8 Å². The number of rotatable bonds is 7. The summed E-state index contributed by atoms with van der Waals surface area (Å²) in [6.45, 7) is 4.45. The Hall–Kier alpha value is -2.67. The third kappa shape index (κ3) is 4.98. The van der Waals surface area contributed by atoms with Crippen molar-refractivity contribution in [1.82, 2.24) is 9.78 Å². The predicted octanol–water partition coefficient (Wildman–Crippen LogP) is 1.71. The van der Waals surface area contributed by atoms with E-state index in [0.29, 0.717) is 6.04 Å². The van der Waals surface area contributed by atoms with Crippen LogP contribution >= 0.6 is 0 Å². The molecule has 1 heterocycles. The lowest BCUT2D eigenvalue weighted by Crippen LogP contribution is -3.11. The van der Waals surface area contributed by atoms with E-state index in [1.54, 1.807) is 6.20 Å². The van der Waals surface area contributed by atoms with E-state index in [4.69, 9.17) is 0 Å². The molecule has 1 aliphatic rings. The number of anilines is 2. The highest BCUT2D eigenvalue weighted by Crippen LogP contribution is 2.31. The Bertz CT molecular complexity index is 839. The highest BCUT2D eigenvalue weighted by atomic mass is 16.2. The zero-order chi connectivity index (χ0) is 20.1. The second-order valence-corrected chi connectivity index (χ2v) is 7.75. The Kier molecular flexibility index (Phi) is 6.46. The molecule has 1 fully saturated rings. The van der Waals surface area contributed by atoms with Crippen LogP contribution in [0.5, 0.6) is 0 Å². The van der Waals surface area contributed by atoms with Gasteiger partial charge in [-0.25, -0.2) is 4.68 Å². The van der Waals surface area contributed by atoms with Gasteiger partial charge in [-0.15, -0.1) is 0 Å². The molecule has 0 bridgehead atoms. The number of quaternary nitrogens is 1. The van der Waals surface area contributed by atoms with E-state index in [1.807, 2.05) is 49.8 Å². The summed E-state index contributed by atoms with van der Waals surface area (Å²) in [5, 5.41) is 10.3. The largest absolute Gasteiger partial charge is 0.322 e. The molecular formula is C21H30N5O2+. The van der Waals surface area contributed by atoms with Gasteiger partial charge in [0.05, 0.1) is 19.3 Å². The number of nitrogens with zero attached hydrogens (tertiary/aromatic N) is 2. The molecule has 1 unspecified atom stereocenters. The quantitative estimate of drug-likeness (QED) is 0.680. The molecule has 7 nitrogen and oxygen atoms in total. The molecule has 1 saturated carbocycles. The maximum atomic E-state index is 12.4. The maximum absolute atomic E-state index is 12.4. The summed E-state index contributed by atoms with van der Waals surface area (Å²) in [6, 6.07) is 8.04. The fourth-order valence-electron chi connectivity index (χ4n) is 3.73. The number of carbonyl (C=O) groups is 2. The number of aryl methyl sites for hydroxylation is 1. The monoisotopic (exact) mass is 384 g/mol. The van der Waals surface area contributed by atoms with Crippen molar-refractivity contribution in [3.8, 4) is 0 Å². The molecule has 1 aromatic carbocycles. The van der Waals surface area contributed by atoms with Crippen LogP contribution in [-0.4, -0.2) is 41.7 Å². The van der Waals surface area contributed by atoms with Crippen molar-refractivity contribution >= 4 is 23.3 Å². The smallest absolute Gasteiger partial charge is 0.280 e. The summed E-state index contributed by atoms with van der Waals surface area (Å²) in [5.41, 5.74) is 3.02. The number of nitrogens with one attached hydrogen (secondary N) is 3. The Labute approximate surface area is 166 Å². The Morgan fingerprint density at radius 1 is 1.11 bits per heavy atom. The van der Waals surface area contributed by atoms with Gasteiger partial charge in [-0.05, 0) is 43.9 Å². The number of hydrogen-bond acceptors (Lipinski definition) is 3. The number of amides is 2. The van der Waals surface area contributed by atoms with Gasteiger partial charge < -0.3 is 15.5 Å². The summed E-state index contributed by atoms with van der Waals surface area (Å²) < 4.78 is 1.92. The lowest BCUT2D eigenvalue weighted by Gasteiger charge is -2.17. The number of benzene rings is 1. The fraction of sp³-hybridized carbons (Fsp3) is 0.476. The third-order valence-electron chi connectivity index (χ3n) is 5.41. The van der Waals surface area contributed by atoms with Gasteiger partial charge in [0.2, 0.25) is 0 Å². The first-order valence-corrected chi connectivity index (χ1v) is 9.94. The lowest BCUT2D eigenvalue weighted by molar-refractivity contribution is -0.862. The van der Waals surface area contributed by atoms with Crippen molar-refractivity contribution in [2.75, 3.05) is 30.8 Å². The number of hydrogen-bond donors (Lipinski definition) is 3. The second kappa shape index (κ2) is 9.01. The van der Waals surface area contributed by atoms with Gasteiger partial charge >= 0.3 is 0 Å². The first-order valence-electron chi connectivity index (χ1n) is 9.94. The van der Waals surface area contributed by atoms with Crippen molar-refractivity contribution in [3.05, 3.63) is 41.6 Å². The molecule has 2 aromatic rings. The van der Waals surface area contributed by atoms with Gasteiger partial charge in [0.25, 0.3) is 11.8 Å². The highest BCUT2D eigenvalue weighted by Gasteiger charge is 2.21. The summed E-state index contributed by atoms with van der Waals surface area (Å²) in [7, 11) is 1.84.